The molecule has 1 N–H and O–H groups in total. The first kappa shape index (κ1) is 12.2. The third kappa shape index (κ3) is 2.10. The predicted octanol–water partition coefficient (Wildman–Crippen LogP) is 2.91. The molecule has 0 amide bonds. The Hall–Kier alpha value is -0.800. The second-order valence-corrected chi connectivity index (χ2v) is 6.55. The third-order valence-corrected chi connectivity index (χ3v) is 5.22. The second-order valence-electron chi connectivity index (χ2n) is 5.41. The highest BCUT2D eigenvalue weighted by molar-refractivity contribution is 7.99. The number of carbonyl (C=O) groups is 1. The van der Waals surface area contributed by atoms with Gasteiger partial charge in [-0.05, 0) is 56.2 Å². The average Bonchev–Trinajstić information content (AvgIpc) is 3.19. The molecule has 0 unspecified atom stereocenters. The predicted molar refractivity (Wildman–Crippen MR) is 75.4 cm³/mol. The Bertz CT molecular complexity index is 479. The van der Waals surface area contributed by atoms with Gasteiger partial charge in [0, 0.05) is 22.4 Å². The molecule has 2 nitrogen and oxygen atoms in total. The molecule has 1 fully saturated rings. The van der Waals surface area contributed by atoms with Crippen LogP contribution in [0.1, 0.15) is 35.2 Å². The maximum atomic E-state index is 12.6. The molecule has 0 spiro atoms. The molecule has 0 radical (unpaired) electrons. The highest BCUT2D eigenvalue weighted by atomic mass is 32.2. The summed E-state index contributed by atoms with van der Waals surface area (Å²) in [7, 11) is 1.93. The Morgan fingerprint density at radius 3 is 3.00 bits per heavy atom. The zero-order valence-corrected chi connectivity index (χ0v) is 11.6. The number of Topliss-reactive ketones (excluding diaryl/α,β-unsaturated/α-hetero) is 1. The number of carbonyl (C=O) groups excluding carboxylic acids is 1. The van der Waals surface area contributed by atoms with Crippen molar-refractivity contribution in [3.8, 4) is 0 Å². The van der Waals surface area contributed by atoms with Crippen LogP contribution in [0.4, 0.5) is 0 Å². The molecule has 2 aliphatic rings. The Morgan fingerprint density at radius 1 is 1.44 bits per heavy atom. The monoisotopic (exact) mass is 261 g/mol. The summed E-state index contributed by atoms with van der Waals surface area (Å²) in [6.07, 6.45) is 4.44. The molecule has 96 valence electrons. The van der Waals surface area contributed by atoms with Crippen LogP contribution in [0.15, 0.2) is 23.1 Å². The van der Waals surface area contributed by atoms with Crippen LogP contribution in [0.3, 0.4) is 0 Å². The summed E-state index contributed by atoms with van der Waals surface area (Å²) in [5.74, 6) is 1.56. The Labute approximate surface area is 113 Å². The standard InChI is InChI=1S/C15H19NOS/c1-16-10-15(6-7-15)14(17)12-4-5-13-11(9-12)3-2-8-18-13/h4-5,9,16H,2-3,6-8,10H2,1H3. The fourth-order valence-corrected chi connectivity index (χ4v) is 3.80. The van der Waals surface area contributed by atoms with Crippen LogP contribution in [0, 0.1) is 5.41 Å². The summed E-state index contributed by atoms with van der Waals surface area (Å²) in [4.78, 5) is 13.9. The lowest BCUT2D eigenvalue weighted by molar-refractivity contribution is 0.0900. The van der Waals surface area contributed by atoms with Crippen molar-refractivity contribution in [2.24, 2.45) is 5.41 Å². The van der Waals surface area contributed by atoms with E-state index in [1.807, 2.05) is 24.9 Å². The molecule has 1 aliphatic carbocycles. The van der Waals surface area contributed by atoms with Crippen molar-refractivity contribution in [2.45, 2.75) is 30.6 Å². The van der Waals surface area contributed by atoms with Crippen molar-refractivity contribution in [1.29, 1.82) is 0 Å². The maximum absolute atomic E-state index is 12.6. The van der Waals surface area contributed by atoms with Crippen LogP contribution in [-0.4, -0.2) is 25.1 Å². The van der Waals surface area contributed by atoms with Crippen molar-refractivity contribution in [2.75, 3.05) is 19.3 Å². The van der Waals surface area contributed by atoms with Gasteiger partial charge in [0.05, 0.1) is 0 Å². The van der Waals surface area contributed by atoms with Crippen molar-refractivity contribution in [1.82, 2.24) is 5.32 Å². The molecule has 3 heteroatoms. The Kier molecular flexibility index (Phi) is 3.20. The van der Waals surface area contributed by atoms with Gasteiger partial charge in [0.1, 0.15) is 0 Å². The smallest absolute Gasteiger partial charge is 0.170 e. The molecular weight excluding hydrogens is 242 g/mol. The summed E-state index contributed by atoms with van der Waals surface area (Å²) in [5.41, 5.74) is 2.20. The molecular formula is C15H19NOS. The van der Waals surface area contributed by atoms with Crippen molar-refractivity contribution < 1.29 is 4.79 Å². The van der Waals surface area contributed by atoms with E-state index in [2.05, 4.69) is 17.4 Å². The average molecular weight is 261 g/mol. The van der Waals surface area contributed by atoms with Crippen LogP contribution in [-0.2, 0) is 6.42 Å². The lowest BCUT2D eigenvalue weighted by Gasteiger charge is -2.18. The van der Waals surface area contributed by atoms with Gasteiger partial charge in [0.2, 0.25) is 0 Å². The van der Waals surface area contributed by atoms with Gasteiger partial charge in [0.25, 0.3) is 0 Å². The number of thioether (sulfide) groups is 1. The molecule has 1 aliphatic heterocycles. The maximum Gasteiger partial charge on any atom is 0.170 e. The number of hydrogen-bond donors (Lipinski definition) is 1. The van der Waals surface area contributed by atoms with E-state index in [1.165, 1.54) is 22.6 Å². The molecule has 1 aromatic rings. The minimum absolute atomic E-state index is 0.0925. The van der Waals surface area contributed by atoms with Crippen LogP contribution >= 0.6 is 11.8 Å². The fourth-order valence-electron chi connectivity index (χ4n) is 2.78. The summed E-state index contributed by atoms with van der Waals surface area (Å²) in [6.45, 7) is 0.817. The Morgan fingerprint density at radius 2 is 2.28 bits per heavy atom. The van der Waals surface area contributed by atoms with Crippen molar-refractivity contribution in [3.05, 3.63) is 29.3 Å². The molecule has 0 bridgehead atoms. The molecule has 1 aromatic carbocycles. The number of nitrogens with one attached hydrogen (secondary N) is 1. The first-order valence-electron chi connectivity index (χ1n) is 6.70. The minimum atomic E-state index is -0.0925. The summed E-state index contributed by atoms with van der Waals surface area (Å²) in [5, 5.41) is 3.16. The summed E-state index contributed by atoms with van der Waals surface area (Å²) < 4.78 is 0. The van der Waals surface area contributed by atoms with Crippen LogP contribution in [0.5, 0.6) is 0 Å². The van der Waals surface area contributed by atoms with Crippen molar-refractivity contribution in [3.63, 3.8) is 0 Å². The van der Waals surface area contributed by atoms with Crippen LogP contribution < -0.4 is 5.32 Å². The molecule has 0 aromatic heterocycles. The minimum Gasteiger partial charge on any atom is -0.319 e. The fraction of sp³-hybridized carbons (Fsp3) is 0.533. The van der Waals surface area contributed by atoms with Gasteiger partial charge in [0.15, 0.2) is 5.78 Å². The number of benzene rings is 1. The first-order valence-corrected chi connectivity index (χ1v) is 7.69. The molecule has 0 atom stereocenters. The zero-order valence-electron chi connectivity index (χ0n) is 10.8. The van der Waals surface area contributed by atoms with E-state index in [4.69, 9.17) is 0 Å². The SMILES string of the molecule is CNCC1(C(=O)c2ccc3c(c2)CCCS3)CC1. The van der Waals surface area contributed by atoms with E-state index >= 15 is 0 Å². The van der Waals surface area contributed by atoms with Crippen molar-refractivity contribution >= 4 is 17.5 Å². The number of ketones is 1. The van der Waals surface area contributed by atoms with E-state index in [0.717, 1.165) is 31.4 Å². The topological polar surface area (TPSA) is 29.1 Å². The lowest BCUT2D eigenvalue weighted by Crippen LogP contribution is -2.28. The Balaban J connectivity index is 1.86. The molecule has 18 heavy (non-hydrogen) atoms. The lowest BCUT2D eigenvalue weighted by atomic mass is 9.93. The van der Waals surface area contributed by atoms with Gasteiger partial charge >= 0.3 is 0 Å². The molecule has 1 saturated carbocycles. The van der Waals surface area contributed by atoms with Gasteiger partial charge in [-0.1, -0.05) is 6.07 Å². The first-order chi connectivity index (χ1) is 8.75. The normalized spacial score (nSPS) is 20.3. The van der Waals surface area contributed by atoms with Crippen LogP contribution in [0.2, 0.25) is 0 Å². The van der Waals surface area contributed by atoms with E-state index in [-0.39, 0.29) is 5.41 Å². The molecule has 1 heterocycles. The summed E-state index contributed by atoms with van der Waals surface area (Å²) >= 11 is 1.92. The van der Waals surface area contributed by atoms with E-state index in [1.54, 1.807) is 0 Å². The van der Waals surface area contributed by atoms with Gasteiger partial charge in [-0.15, -0.1) is 11.8 Å². The molecule has 0 saturated heterocycles. The van der Waals surface area contributed by atoms with E-state index < -0.39 is 0 Å². The van der Waals surface area contributed by atoms with E-state index in [0.29, 0.717) is 5.78 Å². The van der Waals surface area contributed by atoms with Crippen LogP contribution in [0.25, 0.3) is 0 Å². The zero-order chi connectivity index (χ0) is 12.6. The van der Waals surface area contributed by atoms with Gasteiger partial charge in [-0.2, -0.15) is 0 Å². The highest BCUT2D eigenvalue weighted by Crippen LogP contribution is 2.48. The van der Waals surface area contributed by atoms with E-state index in [9.17, 15) is 4.79 Å². The number of fused-ring (bicyclic) bond motifs is 1. The number of hydrogen-bond acceptors (Lipinski definition) is 3. The number of aryl methyl sites for hydroxylation is 1. The quantitative estimate of drug-likeness (QED) is 0.845. The van der Waals surface area contributed by atoms with Gasteiger partial charge < -0.3 is 5.32 Å². The largest absolute Gasteiger partial charge is 0.319 e. The molecule has 3 rings (SSSR count). The highest BCUT2D eigenvalue weighted by Gasteiger charge is 2.49. The van der Waals surface area contributed by atoms with Gasteiger partial charge in [-0.3, -0.25) is 4.79 Å². The second kappa shape index (κ2) is 4.71. The summed E-state index contributed by atoms with van der Waals surface area (Å²) in [6, 6.07) is 6.30. The third-order valence-electron chi connectivity index (χ3n) is 4.02. The number of rotatable bonds is 4. The van der Waals surface area contributed by atoms with Gasteiger partial charge in [-0.25, -0.2) is 0 Å².